The third-order valence-electron chi connectivity index (χ3n) is 4.46. The summed E-state index contributed by atoms with van der Waals surface area (Å²) < 4.78 is 14.4. The molecule has 2 aromatic rings. The molecule has 0 saturated heterocycles. The molecule has 0 aliphatic carbocycles. The van der Waals surface area contributed by atoms with Crippen molar-refractivity contribution in [3.05, 3.63) is 45.5 Å². The Balaban J connectivity index is 1.93. The van der Waals surface area contributed by atoms with Crippen molar-refractivity contribution in [2.45, 2.75) is 31.7 Å². The van der Waals surface area contributed by atoms with E-state index in [-0.39, 0.29) is 29.3 Å². The van der Waals surface area contributed by atoms with Gasteiger partial charge >= 0.3 is 11.9 Å². The molecule has 1 amide bonds. The largest absolute Gasteiger partial charge is 0.481 e. The Morgan fingerprint density at radius 1 is 1.22 bits per heavy atom. The number of aliphatic carboxylic acids is 2. The van der Waals surface area contributed by atoms with Crippen LogP contribution in [0.25, 0.3) is 0 Å². The summed E-state index contributed by atoms with van der Waals surface area (Å²) in [6, 6.07) is 2.20. The number of hydrogen-bond acceptors (Lipinski definition) is 8. The first-order chi connectivity index (χ1) is 15.1. The van der Waals surface area contributed by atoms with Crippen LogP contribution in [0.1, 0.15) is 35.2 Å². The predicted molar refractivity (Wildman–Crippen MR) is 113 cm³/mol. The monoisotopic (exact) mass is 450 g/mol. The summed E-state index contributed by atoms with van der Waals surface area (Å²) in [5.74, 6) is -4.54. The molecule has 1 atom stereocenters. The summed E-state index contributed by atoms with van der Waals surface area (Å²) in [5, 5.41) is 22.8. The van der Waals surface area contributed by atoms with Crippen LogP contribution in [0, 0.1) is 5.82 Å². The van der Waals surface area contributed by atoms with Crippen LogP contribution in [0.5, 0.6) is 0 Å². The average molecular weight is 450 g/mol. The van der Waals surface area contributed by atoms with Gasteiger partial charge in [-0.05, 0) is 37.5 Å². The zero-order chi connectivity index (χ0) is 23.8. The summed E-state index contributed by atoms with van der Waals surface area (Å²) in [6.07, 6.45) is -0.0367. The number of carbonyl (C=O) groups excluding carboxylic acids is 1. The van der Waals surface area contributed by atoms with Crippen LogP contribution >= 0.6 is 0 Å². The van der Waals surface area contributed by atoms with Gasteiger partial charge in [-0.2, -0.15) is 4.98 Å². The lowest BCUT2D eigenvalue weighted by Crippen LogP contribution is -2.41. The van der Waals surface area contributed by atoms with Gasteiger partial charge in [-0.15, -0.1) is 0 Å². The maximum atomic E-state index is 14.4. The number of nitrogens with zero attached hydrogens (tertiary/aromatic N) is 1. The highest BCUT2D eigenvalue weighted by atomic mass is 19.1. The smallest absolute Gasteiger partial charge is 0.326 e. The highest BCUT2D eigenvalue weighted by Gasteiger charge is 2.23. The molecule has 32 heavy (non-hydrogen) atoms. The molecule has 0 unspecified atom stereocenters. The van der Waals surface area contributed by atoms with Crippen molar-refractivity contribution >= 4 is 35.3 Å². The number of H-pyrrole nitrogens is 1. The standard InChI is InChI=1S/C19H23FN6O6/c20-12-8-9(23-7-1-2-11-15(21)25-19(22)26-17(11)30)3-4-10(12)16(29)24-13(18(31)32)5-6-14(27)28/h3-4,8,13,23H,1-2,5-7H2,(H,24,29)(H,27,28)(H,31,32)(H5,21,22,25,26,30)/t13-/m1/s1. The maximum absolute atomic E-state index is 14.4. The van der Waals surface area contributed by atoms with Crippen molar-refractivity contribution in [1.29, 1.82) is 0 Å². The third kappa shape index (κ3) is 6.68. The van der Waals surface area contributed by atoms with Gasteiger partial charge in [0.15, 0.2) is 0 Å². The van der Waals surface area contributed by atoms with Crippen molar-refractivity contribution in [3.63, 3.8) is 0 Å². The molecule has 0 aliphatic heterocycles. The lowest BCUT2D eigenvalue weighted by Gasteiger charge is -2.14. The van der Waals surface area contributed by atoms with Crippen LogP contribution in [0.3, 0.4) is 0 Å². The molecule has 2 rings (SSSR count). The molecular weight excluding hydrogens is 427 g/mol. The molecule has 0 saturated carbocycles. The van der Waals surface area contributed by atoms with E-state index in [1.54, 1.807) is 0 Å². The van der Waals surface area contributed by atoms with E-state index in [2.05, 4.69) is 20.6 Å². The molecule has 0 spiro atoms. The van der Waals surface area contributed by atoms with Crippen LogP contribution in [0.15, 0.2) is 23.0 Å². The van der Waals surface area contributed by atoms with E-state index in [1.165, 1.54) is 12.1 Å². The Kier molecular flexibility index (Phi) is 8.10. The van der Waals surface area contributed by atoms with Gasteiger partial charge in [0.1, 0.15) is 17.7 Å². The van der Waals surface area contributed by atoms with Crippen molar-refractivity contribution in [2.24, 2.45) is 0 Å². The number of amides is 1. The van der Waals surface area contributed by atoms with Crippen molar-refractivity contribution < 1.29 is 29.0 Å². The second-order valence-corrected chi connectivity index (χ2v) is 6.84. The molecule has 1 aromatic heterocycles. The highest BCUT2D eigenvalue weighted by molar-refractivity contribution is 5.97. The minimum Gasteiger partial charge on any atom is -0.481 e. The Morgan fingerprint density at radius 2 is 1.94 bits per heavy atom. The number of hydrogen-bond donors (Lipinski definition) is 7. The molecular formula is C19H23FN6O6. The molecule has 0 radical (unpaired) electrons. The molecule has 172 valence electrons. The quantitative estimate of drug-likeness (QED) is 0.230. The SMILES string of the molecule is Nc1nc(N)c(CCCNc2ccc(C(=O)N[C@H](CCC(=O)O)C(=O)O)c(F)c2)c(=O)[nH]1. The Bertz CT molecular complexity index is 1070. The van der Waals surface area contributed by atoms with E-state index in [0.29, 0.717) is 25.1 Å². The molecule has 1 aromatic carbocycles. The zero-order valence-electron chi connectivity index (χ0n) is 16.9. The van der Waals surface area contributed by atoms with Crippen LogP contribution in [0.2, 0.25) is 0 Å². The van der Waals surface area contributed by atoms with Gasteiger partial charge < -0.3 is 32.3 Å². The van der Waals surface area contributed by atoms with Crippen LogP contribution in [-0.2, 0) is 16.0 Å². The molecule has 9 N–H and O–H groups in total. The fourth-order valence-corrected chi connectivity index (χ4v) is 2.84. The van der Waals surface area contributed by atoms with Crippen molar-refractivity contribution in [2.75, 3.05) is 23.3 Å². The number of halogens is 1. The topological polar surface area (TPSA) is 214 Å². The lowest BCUT2D eigenvalue weighted by atomic mass is 10.1. The predicted octanol–water partition coefficient (Wildman–Crippen LogP) is 0.166. The van der Waals surface area contributed by atoms with E-state index in [0.717, 1.165) is 6.07 Å². The summed E-state index contributed by atoms with van der Waals surface area (Å²) in [5.41, 5.74) is 10.9. The number of aromatic amines is 1. The summed E-state index contributed by atoms with van der Waals surface area (Å²) in [7, 11) is 0. The molecule has 0 fully saturated rings. The van der Waals surface area contributed by atoms with E-state index in [9.17, 15) is 23.6 Å². The zero-order valence-corrected chi connectivity index (χ0v) is 16.9. The van der Waals surface area contributed by atoms with E-state index in [1.807, 2.05) is 0 Å². The average Bonchev–Trinajstić information content (AvgIpc) is 2.69. The number of carboxylic acid groups (broad SMARTS) is 2. The number of aromatic nitrogens is 2. The van der Waals surface area contributed by atoms with Gasteiger partial charge in [0, 0.05) is 18.7 Å². The summed E-state index contributed by atoms with van der Waals surface area (Å²) in [6.45, 7) is 0.352. The maximum Gasteiger partial charge on any atom is 0.326 e. The van der Waals surface area contributed by atoms with Gasteiger partial charge in [0.25, 0.3) is 11.5 Å². The molecule has 0 aliphatic rings. The Labute approximate surface area is 180 Å². The minimum atomic E-state index is -1.46. The van der Waals surface area contributed by atoms with Gasteiger partial charge in [0.05, 0.1) is 11.1 Å². The molecule has 1 heterocycles. The van der Waals surface area contributed by atoms with E-state index < -0.39 is 41.7 Å². The number of carboxylic acids is 2. The summed E-state index contributed by atoms with van der Waals surface area (Å²) >= 11 is 0. The minimum absolute atomic E-state index is 0.0377. The normalized spacial score (nSPS) is 11.5. The van der Waals surface area contributed by atoms with Gasteiger partial charge in [-0.25, -0.2) is 9.18 Å². The number of nitrogens with two attached hydrogens (primary N) is 2. The first kappa shape index (κ1) is 24.1. The van der Waals surface area contributed by atoms with Crippen molar-refractivity contribution in [1.82, 2.24) is 15.3 Å². The number of rotatable bonds is 11. The van der Waals surface area contributed by atoms with Crippen LogP contribution in [0.4, 0.5) is 21.8 Å². The van der Waals surface area contributed by atoms with Gasteiger partial charge in [-0.1, -0.05) is 0 Å². The van der Waals surface area contributed by atoms with E-state index >= 15 is 0 Å². The Morgan fingerprint density at radius 3 is 2.53 bits per heavy atom. The highest BCUT2D eigenvalue weighted by Crippen LogP contribution is 2.16. The third-order valence-corrected chi connectivity index (χ3v) is 4.46. The number of benzene rings is 1. The number of carbonyl (C=O) groups is 3. The number of nitrogen functional groups attached to an aromatic ring is 2. The second kappa shape index (κ2) is 10.7. The number of nitrogens with one attached hydrogen (secondary N) is 3. The van der Waals surface area contributed by atoms with Crippen LogP contribution in [-0.4, -0.2) is 50.6 Å². The van der Waals surface area contributed by atoms with Gasteiger partial charge in [-0.3, -0.25) is 19.4 Å². The van der Waals surface area contributed by atoms with E-state index in [4.69, 9.17) is 21.7 Å². The number of anilines is 3. The molecule has 13 heteroatoms. The van der Waals surface area contributed by atoms with Crippen molar-refractivity contribution in [3.8, 4) is 0 Å². The summed E-state index contributed by atoms with van der Waals surface area (Å²) in [4.78, 5) is 52.0. The first-order valence-corrected chi connectivity index (χ1v) is 9.51. The molecule has 12 nitrogen and oxygen atoms in total. The van der Waals surface area contributed by atoms with Crippen LogP contribution < -0.4 is 27.7 Å². The molecule has 0 bridgehead atoms. The fourth-order valence-electron chi connectivity index (χ4n) is 2.84. The first-order valence-electron chi connectivity index (χ1n) is 9.51. The second-order valence-electron chi connectivity index (χ2n) is 6.84. The lowest BCUT2D eigenvalue weighted by molar-refractivity contribution is -0.140. The fraction of sp³-hybridized carbons (Fsp3) is 0.316. The Hall–Kier alpha value is -4.16. The van der Waals surface area contributed by atoms with Gasteiger partial charge in [0.2, 0.25) is 5.95 Å².